The van der Waals surface area contributed by atoms with Crippen LogP contribution in [0.25, 0.3) is 0 Å². The van der Waals surface area contributed by atoms with Crippen molar-refractivity contribution in [3.63, 3.8) is 0 Å². The van der Waals surface area contributed by atoms with E-state index in [1.165, 1.54) is 45.4 Å². The van der Waals surface area contributed by atoms with Gasteiger partial charge in [-0.05, 0) is 65.6 Å². The summed E-state index contributed by atoms with van der Waals surface area (Å²) in [6.45, 7) is 12.3. The van der Waals surface area contributed by atoms with E-state index in [0.717, 1.165) is 0 Å². The van der Waals surface area contributed by atoms with Crippen LogP contribution in [0.4, 0.5) is 0 Å². The van der Waals surface area contributed by atoms with Gasteiger partial charge in [0.25, 0.3) is 0 Å². The van der Waals surface area contributed by atoms with Gasteiger partial charge in [-0.15, -0.1) is 0 Å². The maximum absolute atomic E-state index is 2.67. The zero-order chi connectivity index (χ0) is 11.1. The van der Waals surface area contributed by atoms with Crippen LogP contribution in [0.1, 0.15) is 40.0 Å². The maximum Gasteiger partial charge on any atom is 0.0125 e. The zero-order valence-corrected chi connectivity index (χ0v) is 10.8. The molecule has 2 heteroatoms. The molecule has 0 aromatic rings. The molecule has 2 fully saturated rings. The molecule has 1 atom stereocenters. The third-order valence-corrected chi connectivity index (χ3v) is 4.24. The third kappa shape index (κ3) is 2.36. The van der Waals surface area contributed by atoms with Crippen molar-refractivity contribution in [1.29, 1.82) is 0 Å². The van der Waals surface area contributed by atoms with Crippen LogP contribution in [-0.2, 0) is 0 Å². The van der Waals surface area contributed by atoms with Gasteiger partial charge in [-0.1, -0.05) is 0 Å². The highest BCUT2D eigenvalue weighted by molar-refractivity contribution is 4.97. The second-order valence-corrected chi connectivity index (χ2v) is 6.68. The summed E-state index contributed by atoms with van der Waals surface area (Å²) < 4.78 is 0. The van der Waals surface area contributed by atoms with Crippen LogP contribution in [0, 0.1) is 5.41 Å². The molecule has 0 aromatic carbocycles. The lowest BCUT2D eigenvalue weighted by Gasteiger charge is -2.40. The number of likely N-dealkylation sites (tertiary alicyclic amines) is 2. The molecule has 15 heavy (non-hydrogen) atoms. The van der Waals surface area contributed by atoms with Gasteiger partial charge in [0.1, 0.15) is 0 Å². The van der Waals surface area contributed by atoms with Gasteiger partial charge < -0.3 is 4.90 Å². The molecule has 2 nitrogen and oxygen atoms in total. The molecule has 0 bridgehead atoms. The first-order valence-corrected chi connectivity index (χ1v) is 6.35. The number of rotatable bonds is 0. The van der Waals surface area contributed by atoms with Gasteiger partial charge in [-0.25, -0.2) is 0 Å². The first-order chi connectivity index (χ1) is 6.91. The quantitative estimate of drug-likeness (QED) is 0.605. The van der Waals surface area contributed by atoms with Crippen molar-refractivity contribution >= 4 is 0 Å². The molecule has 1 spiro atoms. The summed E-state index contributed by atoms with van der Waals surface area (Å²) in [5, 5.41) is 0. The monoisotopic (exact) mass is 210 g/mol. The van der Waals surface area contributed by atoms with Gasteiger partial charge in [0, 0.05) is 18.6 Å². The minimum absolute atomic E-state index is 0.361. The Kier molecular flexibility index (Phi) is 2.85. The second-order valence-electron chi connectivity index (χ2n) is 6.68. The van der Waals surface area contributed by atoms with Gasteiger partial charge in [0.05, 0.1) is 0 Å². The normalized spacial score (nSPS) is 35.2. The Morgan fingerprint density at radius 2 is 1.73 bits per heavy atom. The first kappa shape index (κ1) is 11.4. The molecule has 0 N–H and O–H groups in total. The molecule has 2 saturated heterocycles. The predicted molar refractivity (Wildman–Crippen MR) is 65.1 cm³/mol. The lowest BCUT2D eigenvalue weighted by molar-refractivity contribution is 0.0903. The topological polar surface area (TPSA) is 6.48 Å². The molecular formula is C13H26N2. The molecule has 0 aromatic heterocycles. The molecule has 2 aliphatic rings. The SMILES string of the molecule is CN1CCCC2(CCN(C(C)(C)C)C2)C1. The molecule has 0 amide bonds. The fourth-order valence-electron chi connectivity index (χ4n) is 3.30. The summed E-state index contributed by atoms with van der Waals surface area (Å²) in [6.07, 6.45) is 4.26. The van der Waals surface area contributed by atoms with Crippen molar-refractivity contribution in [2.75, 3.05) is 33.2 Å². The van der Waals surface area contributed by atoms with Crippen LogP contribution >= 0.6 is 0 Å². The average molecular weight is 210 g/mol. The van der Waals surface area contributed by atoms with Gasteiger partial charge in [-0.2, -0.15) is 0 Å². The molecule has 2 heterocycles. The van der Waals surface area contributed by atoms with E-state index in [9.17, 15) is 0 Å². The van der Waals surface area contributed by atoms with E-state index in [1.807, 2.05) is 0 Å². The Bertz CT molecular complexity index is 231. The number of piperidine rings is 1. The first-order valence-electron chi connectivity index (χ1n) is 6.35. The number of hydrogen-bond donors (Lipinski definition) is 0. The summed E-state index contributed by atoms with van der Waals surface area (Å²) in [4.78, 5) is 5.20. The van der Waals surface area contributed by atoms with E-state index in [2.05, 4.69) is 37.6 Å². The van der Waals surface area contributed by atoms with Gasteiger partial charge in [-0.3, -0.25) is 4.90 Å². The van der Waals surface area contributed by atoms with E-state index in [-0.39, 0.29) is 0 Å². The Hall–Kier alpha value is -0.0800. The largest absolute Gasteiger partial charge is 0.306 e. The molecule has 2 aliphatic heterocycles. The lowest BCUT2D eigenvalue weighted by atomic mass is 9.79. The highest BCUT2D eigenvalue weighted by Gasteiger charge is 2.43. The zero-order valence-electron chi connectivity index (χ0n) is 10.8. The minimum atomic E-state index is 0.361. The van der Waals surface area contributed by atoms with Gasteiger partial charge in [0.2, 0.25) is 0 Å². The summed E-state index contributed by atoms with van der Waals surface area (Å²) >= 11 is 0. The summed E-state index contributed by atoms with van der Waals surface area (Å²) in [7, 11) is 2.28. The second kappa shape index (κ2) is 3.74. The smallest absolute Gasteiger partial charge is 0.0125 e. The average Bonchev–Trinajstić information content (AvgIpc) is 2.48. The van der Waals surface area contributed by atoms with Crippen molar-refractivity contribution in [3.8, 4) is 0 Å². The van der Waals surface area contributed by atoms with Crippen molar-refractivity contribution in [3.05, 3.63) is 0 Å². The Morgan fingerprint density at radius 1 is 1.00 bits per heavy atom. The Morgan fingerprint density at radius 3 is 2.27 bits per heavy atom. The van der Waals surface area contributed by atoms with E-state index in [1.54, 1.807) is 0 Å². The summed E-state index contributed by atoms with van der Waals surface area (Å²) in [5.41, 5.74) is 0.986. The molecule has 0 aliphatic carbocycles. The van der Waals surface area contributed by atoms with Gasteiger partial charge >= 0.3 is 0 Å². The maximum atomic E-state index is 2.67. The number of nitrogens with zero attached hydrogens (tertiary/aromatic N) is 2. The van der Waals surface area contributed by atoms with Crippen LogP contribution in [0.5, 0.6) is 0 Å². The molecule has 1 unspecified atom stereocenters. The molecular weight excluding hydrogens is 184 g/mol. The Labute approximate surface area is 94.6 Å². The fourth-order valence-corrected chi connectivity index (χ4v) is 3.30. The van der Waals surface area contributed by atoms with Crippen molar-refractivity contribution < 1.29 is 0 Å². The van der Waals surface area contributed by atoms with Crippen molar-refractivity contribution in [1.82, 2.24) is 9.80 Å². The molecule has 2 rings (SSSR count). The predicted octanol–water partition coefficient (Wildman–Crippen LogP) is 2.20. The van der Waals surface area contributed by atoms with E-state index in [0.29, 0.717) is 11.0 Å². The van der Waals surface area contributed by atoms with Crippen LogP contribution in [-0.4, -0.2) is 48.6 Å². The van der Waals surface area contributed by atoms with E-state index >= 15 is 0 Å². The lowest BCUT2D eigenvalue weighted by Crippen LogP contribution is -2.46. The third-order valence-electron chi connectivity index (χ3n) is 4.24. The van der Waals surface area contributed by atoms with E-state index < -0.39 is 0 Å². The van der Waals surface area contributed by atoms with Gasteiger partial charge in [0.15, 0.2) is 0 Å². The molecule has 0 radical (unpaired) electrons. The van der Waals surface area contributed by atoms with E-state index in [4.69, 9.17) is 0 Å². The highest BCUT2D eigenvalue weighted by atomic mass is 15.2. The molecule has 0 saturated carbocycles. The summed E-state index contributed by atoms with van der Waals surface area (Å²) in [6, 6.07) is 0. The molecule has 88 valence electrons. The number of hydrogen-bond acceptors (Lipinski definition) is 2. The Balaban J connectivity index is 2.01. The van der Waals surface area contributed by atoms with Crippen molar-refractivity contribution in [2.45, 2.75) is 45.6 Å². The van der Waals surface area contributed by atoms with Crippen LogP contribution < -0.4 is 0 Å². The summed E-state index contributed by atoms with van der Waals surface area (Å²) in [5.74, 6) is 0. The van der Waals surface area contributed by atoms with Crippen LogP contribution in [0.15, 0.2) is 0 Å². The minimum Gasteiger partial charge on any atom is -0.306 e. The van der Waals surface area contributed by atoms with Crippen LogP contribution in [0.3, 0.4) is 0 Å². The van der Waals surface area contributed by atoms with Crippen LogP contribution in [0.2, 0.25) is 0 Å². The fraction of sp³-hybridized carbons (Fsp3) is 1.00. The standard InChI is InChI=1S/C13H26N2/c1-12(2,3)15-9-7-13(11-15)6-5-8-14(4)10-13/h5-11H2,1-4H3. The highest BCUT2D eigenvalue weighted by Crippen LogP contribution is 2.40. The van der Waals surface area contributed by atoms with Crippen molar-refractivity contribution in [2.24, 2.45) is 5.41 Å².